The molecule has 0 amide bonds. The predicted octanol–water partition coefficient (Wildman–Crippen LogP) is 2.46. The topological polar surface area (TPSA) is 55.5 Å². The lowest BCUT2D eigenvalue weighted by atomic mass is 9.78. The lowest BCUT2D eigenvalue weighted by Gasteiger charge is -2.31. The van der Waals surface area contributed by atoms with Gasteiger partial charge in [-0.05, 0) is 38.0 Å². The van der Waals surface area contributed by atoms with Crippen molar-refractivity contribution < 1.29 is 9.84 Å². The van der Waals surface area contributed by atoms with Crippen LogP contribution >= 0.6 is 0 Å². The maximum absolute atomic E-state index is 10.1. The molecule has 2 unspecified atom stereocenters. The van der Waals surface area contributed by atoms with E-state index in [-0.39, 0.29) is 11.5 Å². The molecule has 2 fully saturated rings. The molecule has 0 radical (unpaired) electrons. The van der Waals surface area contributed by atoms with Crippen LogP contribution in [0.5, 0.6) is 0 Å². The van der Waals surface area contributed by atoms with Gasteiger partial charge in [-0.3, -0.25) is 0 Å². The van der Waals surface area contributed by atoms with Crippen molar-refractivity contribution in [2.45, 2.75) is 63.9 Å². The molecule has 1 aliphatic carbocycles. The Hall–Kier alpha value is -0.120. The van der Waals surface area contributed by atoms with Crippen LogP contribution in [0.15, 0.2) is 0 Å². The summed E-state index contributed by atoms with van der Waals surface area (Å²) in [5.41, 5.74) is 5.96. The van der Waals surface area contributed by atoms with E-state index in [1.165, 1.54) is 32.1 Å². The number of hydrogen-bond acceptors (Lipinski definition) is 3. The summed E-state index contributed by atoms with van der Waals surface area (Å²) >= 11 is 0. The first-order valence-electron chi connectivity index (χ1n) is 7.73. The van der Waals surface area contributed by atoms with Gasteiger partial charge >= 0.3 is 0 Å². The summed E-state index contributed by atoms with van der Waals surface area (Å²) in [5, 5.41) is 10.1. The Bertz CT molecular complexity index is 241. The van der Waals surface area contributed by atoms with E-state index in [0.29, 0.717) is 6.54 Å². The van der Waals surface area contributed by atoms with Crippen molar-refractivity contribution >= 4 is 0 Å². The van der Waals surface area contributed by atoms with Crippen molar-refractivity contribution in [2.75, 3.05) is 19.8 Å². The normalized spacial score (nSPS) is 34.0. The van der Waals surface area contributed by atoms with Crippen molar-refractivity contribution in [3.8, 4) is 0 Å². The Balaban J connectivity index is 1.64. The molecule has 0 spiro atoms. The smallest absolute Gasteiger partial charge is 0.0608 e. The fourth-order valence-corrected chi connectivity index (χ4v) is 3.70. The van der Waals surface area contributed by atoms with E-state index in [4.69, 9.17) is 10.5 Å². The van der Waals surface area contributed by atoms with Crippen LogP contribution in [0.1, 0.15) is 57.8 Å². The van der Waals surface area contributed by atoms with E-state index in [1.807, 2.05) is 0 Å². The number of nitrogens with two attached hydrogens (primary N) is 1. The lowest BCUT2D eigenvalue weighted by molar-refractivity contribution is 0.0472. The number of hydrogen-bond donors (Lipinski definition) is 2. The molecule has 2 rings (SSSR count). The van der Waals surface area contributed by atoms with Crippen molar-refractivity contribution in [1.29, 1.82) is 0 Å². The molecule has 0 aromatic heterocycles. The fourth-order valence-electron chi connectivity index (χ4n) is 3.70. The summed E-state index contributed by atoms with van der Waals surface area (Å²) in [4.78, 5) is 0. The van der Waals surface area contributed by atoms with Gasteiger partial charge in [0, 0.05) is 25.2 Å². The zero-order chi connectivity index (χ0) is 12.8. The van der Waals surface area contributed by atoms with Gasteiger partial charge in [0.15, 0.2) is 0 Å². The number of unbranched alkanes of at least 4 members (excludes halogenated alkanes) is 1. The minimum absolute atomic E-state index is 0.0513. The highest BCUT2D eigenvalue weighted by Crippen LogP contribution is 2.41. The Labute approximate surface area is 111 Å². The number of ether oxygens (including phenoxy) is 1. The van der Waals surface area contributed by atoms with E-state index in [1.54, 1.807) is 0 Å². The first-order chi connectivity index (χ1) is 8.77. The van der Waals surface area contributed by atoms with Crippen LogP contribution in [0.4, 0.5) is 0 Å². The monoisotopic (exact) mass is 255 g/mol. The molecule has 2 atom stereocenters. The molecular formula is C15H29NO2. The molecule has 1 saturated heterocycles. The second-order valence-corrected chi connectivity index (χ2v) is 6.28. The maximum atomic E-state index is 10.1. The third-order valence-electron chi connectivity index (χ3n) is 5.14. The van der Waals surface area contributed by atoms with Crippen LogP contribution in [-0.4, -0.2) is 31.0 Å². The minimum Gasteiger partial charge on any atom is -0.393 e. The summed E-state index contributed by atoms with van der Waals surface area (Å²) in [5.74, 6) is 0.876. The van der Waals surface area contributed by atoms with Gasteiger partial charge < -0.3 is 15.6 Å². The molecule has 3 N–H and O–H groups in total. The summed E-state index contributed by atoms with van der Waals surface area (Å²) in [6, 6.07) is 0. The molecule has 18 heavy (non-hydrogen) atoms. The molecule has 106 valence electrons. The quantitative estimate of drug-likeness (QED) is 0.717. The van der Waals surface area contributed by atoms with E-state index < -0.39 is 0 Å². The van der Waals surface area contributed by atoms with Gasteiger partial charge in [-0.15, -0.1) is 0 Å². The maximum Gasteiger partial charge on any atom is 0.0608 e. The van der Waals surface area contributed by atoms with Crippen LogP contribution in [-0.2, 0) is 4.74 Å². The Morgan fingerprint density at radius 3 is 2.56 bits per heavy atom. The molecule has 2 aliphatic rings. The summed E-state index contributed by atoms with van der Waals surface area (Å²) < 4.78 is 5.39. The third-order valence-corrected chi connectivity index (χ3v) is 5.14. The molecule has 0 aromatic carbocycles. The van der Waals surface area contributed by atoms with Crippen molar-refractivity contribution in [2.24, 2.45) is 17.1 Å². The van der Waals surface area contributed by atoms with Crippen molar-refractivity contribution in [3.05, 3.63) is 0 Å². The molecule has 3 heteroatoms. The average Bonchev–Trinajstić information content (AvgIpc) is 2.78. The highest BCUT2D eigenvalue weighted by atomic mass is 16.5. The summed E-state index contributed by atoms with van der Waals surface area (Å²) in [6.07, 6.45) is 10.5. The fraction of sp³-hybridized carbons (Fsp3) is 1.00. The van der Waals surface area contributed by atoms with E-state index >= 15 is 0 Å². The standard InChI is InChI=1S/C15H29NO2/c16-12-15(9-3-5-14(15)17)8-2-1-4-13-6-10-18-11-7-13/h13-14,17H,1-12,16H2. The second-order valence-electron chi connectivity index (χ2n) is 6.28. The highest BCUT2D eigenvalue weighted by Gasteiger charge is 2.39. The summed E-state index contributed by atoms with van der Waals surface area (Å²) in [6.45, 7) is 2.57. The van der Waals surface area contributed by atoms with Gasteiger partial charge in [-0.1, -0.05) is 25.7 Å². The number of aliphatic hydroxyl groups excluding tert-OH is 1. The highest BCUT2D eigenvalue weighted by molar-refractivity contribution is 4.92. The zero-order valence-corrected chi connectivity index (χ0v) is 11.6. The van der Waals surface area contributed by atoms with E-state index in [2.05, 4.69) is 0 Å². The first-order valence-corrected chi connectivity index (χ1v) is 7.73. The van der Waals surface area contributed by atoms with E-state index in [9.17, 15) is 5.11 Å². The zero-order valence-electron chi connectivity index (χ0n) is 11.6. The van der Waals surface area contributed by atoms with Gasteiger partial charge in [0.2, 0.25) is 0 Å². The SMILES string of the molecule is NCC1(CCCCC2CCOCC2)CCCC1O. The largest absolute Gasteiger partial charge is 0.393 e. The van der Waals surface area contributed by atoms with Gasteiger partial charge in [-0.25, -0.2) is 0 Å². The van der Waals surface area contributed by atoms with Crippen molar-refractivity contribution in [3.63, 3.8) is 0 Å². The molecule has 1 saturated carbocycles. The number of rotatable bonds is 6. The average molecular weight is 255 g/mol. The number of aliphatic hydroxyl groups is 1. The minimum atomic E-state index is -0.148. The molecule has 3 nitrogen and oxygen atoms in total. The van der Waals surface area contributed by atoms with Crippen LogP contribution in [0.2, 0.25) is 0 Å². The molecule has 0 bridgehead atoms. The van der Waals surface area contributed by atoms with Crippen LogP contribution in [0.25, 0.3) is 0 Å². The second kappa shape index (κ2) is 6.88. The Morgan fingerprint density at radius 1 is 1.17 bits per heavy atom. The molecule has 1 aliphatic heterocycles. The van der Waals surface area contributed by atoms with Gasteiger partial charge in [-0.2, -0.15) is 0 Å². The van der Waals surface area contributed by atoms with E-state index in [0.717, 1.165) is 44.8 Å². The third kappa shape index (κ3) is 3.46. The van der Waals surface area contributed by atoms with Crippen LogP contribution in [0, 0.1) is 11.3 Å². The molecule has 1 heterocycles. The lowest BCUT2D eigenvalue weighted by Crippen LogP contribution is -2.37. The molecular weight excluding hydrogens is 226 g/mol. The van der Waals surface area contributed by atoms with Gasteiger partial charge in [0.25, 0.3) is 0 Å². The summed E-state index contributed by atoms with van der Waals surface area (Å²) in [7, 11) is 0. The predicted molar refractivity (Wildman–Crippen MR) is 73.4 cm³/mol. The van der Waals surface area contributed by atoms with Crippen molar-refractivity contribution in [1.82, 2.24) is 0 Å². The van der Waals surface area contributed by atoms with Crippen LogP contribution < -0.4 is 5.73 Å². The first kappa shape index (κ1) is 14.3. The van der Waals surface area contributed by atoms with Gasteiger partial charge in [0.1, 0.15) is 0 Å². The van der Waals surface area contributed by atoms with Crippen LogP contribution in [0.3, 0.4) is 0 Å². The Kier molecular flexibility index (Phi) is 5.46. The molecule has 0 aromatic rings. The van der Waals surface area contributed by atoms with Gasteiger partial charge in [0.05, 0.1) is 6.10 Å². The Morgan fingerprint density at radius 2 is 1.94 bits per heavy atom.